The van der Waals surface area contributed by atoms with Crippen molar-refractivity contribution in [1.82, 2.24) is 4.90 Å². The Bertz CT molecular complexity index is 647. The van der Waals surface area contributed by atoms with Gasteiger partial charge in [0.25, 0.3) is 11.6 Å². The van der Waals surface area contributed by atoms with Gasteiger partial charge in [0.05, 0.1) is 30.7 Å². The van der Waals surface area contributed by atoms with Crippen LogP contribution in [0.25, 0.3) is 0 Å². The first kappa shape index (κ1) is 17.7. The number of benzene rings is 1. The van der Waals surface area contributed by atoms with Gasteiger partial charge in [-0.2, -0.15) is 0 Å². The number of morpholine rings is 1. The molecule has 1 atom stereocenters. The number of rotatable bonds is 6. The molecule has 0 saturated carbocycles. The number of aliphatic carboxylic acids is 1. The molecular weight excluding hydrogens is 320 g/mol. The molecule has 1 fully saturated rings. The largest absolute Gasteiger partial charge is 0.494 e. The highest BCUT2D eigenvalue weighted by Gasteiger charge is 2.30. The van der Waals surface area contributed by atoms with Gasteiger partial charge in [-0.1, -0.05) is 0 Å². The molecule has 1 heterocycles. The number of nitro groups is 1. The third kappa shape index (κ3) is 4.19. The zero-order valence-electron chi connectivity index (χ0n) is 13.1. The molecule has 1 N–H and O–H groups in total. The quantitative estimate of drug-likeness (QED) is 0.613. The highest BCUT2D eigenvalue weighted by Crippen LogP contribution is 2.26. The first-order chi connectivity index (χ1) is 11.4. The second kappa shape index (κ2) is 7.73. The lowest BCUT2D eigenvalue weighted by molar-refractivity contribution is -0.385. The monoisotopic (exact) mass is 338 g/mol. The van der Waals surface area contributed by atoms with Gasteiger partial charge in [-0.15, -0.1) is 0 Å². The van der Waals surface area contributed by atoms with Crippen molar-refractivity contribution >= 4 is 17.6 Å². The summed E-state index contributed by atoms with van der Waals surface area (Å²) in [5.41, 5.74) is -0.397. The van der Waals surface area contributed by atoms with Gasteiger partial charge in [0.1, 0.15) is 11.3 Å². The molecule has 1 aliphatic heterocycles. The Morgan fingerprint density at radius 2 is 2.25 bits per heavy atom. The number of ether oxygens (including phenoxy) is 2. The molecule has 0 aromatic heterocycles. The van der Waals surface area contributed by atoms with E-state index in [1.54, 1.807) is 6.92 Å². The van der Waals surface area contributed by atoms with Gasteiger partial charge in [0.2, 0.25) is 0 Å². The summed E-state index contributed by atoms with van der Waals surface area (Å²) in [5.74, 6) is -1.21. The Kier molecular flexibility index (Phi) is 5.69. The first-order valence-electron chi connectivity index (χ1n) is 7.46. The van der Waals surface area contributed by atoms with Crippen LogP contribution in [0.2, 0.25) is 0 Å². The summed E-state index contributed by atoms with van der Waals surface area (Å²) < 4.78 is 10.6. The van der Waals surface area contributed by atoms with Crippen LogP contribution in [0.1, 0.15) is 23.7 Å². The maximum atomic E-state index is 12.7. The van der Waals surface area contributed by atoms with E-state index in [-0.39, 0.29) is 37.4 Å². The topological polar surface area (TPSA) is 119 Å². The molecule has 0 aliphatic carbocycles. The molecule has 0 bridgehead atoms. The number of carbonyl (C=O) groups is 2. The number of hydrogen-bond acceptors (Lipinski definition) is 6. The molecule has 9 nitrogen and oxygen atoms in total. The fourth-order valence-electron chi connectivity index (χ4n) is 2.49. The van der Waals surface area contributed by atoms with Crippen molar-refractivity contribution in [3.63, 3.8) is 0 Å². The van der Waals surface area contributed by atoms with Gasteiger partial charge in [0.15, 0.2) is 0 Å². The molecule has 0 spiro atoms. The number of nitro benzene ring substituents is 1. The first-order valence-corrected chi connectivity index (χ1v) is 7.46. The van der Waals surface area contributed by atoms with Crippen LogP contribution in [-0.2, 0) is 9.53 Å². The Morgan fingerprint density at radius 1 is 1.50 bits per heavy atom. The predicted molar refractivity (Wildman–Crippen MR) is 82.2 cm³/mol. The molecule has 2 rings (SSSR count). The van der Waals surface area contributed by atoms with Crippen molar-refractivity contribution in [3.05, 3.63) is 33.9 Å². The third-order valence-electron chi connectivity index (χ3n) is 3.53. The SMILES string of the molecule is CCOc1ccc([N+](=O)[O-])c(C(=O)N2CCOC(CC(=O)O)C2)c1. The number of amides is 1. The van der Waals surface area contributed by atoms with Crippen LogP contribution in [-0.4, -0.2) is 59.2 Å². The van der Waals surface area contributed by atoms with Gasteiger partial charge in [0, 0.05) is 19.2 Å². The summed E-state index contributed by atoms with van der Waals surface area (Å²) >= 11 is 0. The third-order valence-corrected chi connectivity index (χ3v) is 3.53. The fourth-order valence-corrected chi connectivity index (χ4v) is 2.49. The van der Waals surface area contributed by atoms with Crippen LogP contribution in [0.15, 0.2) is 18.2 Å². The normalized spacial score (nSPS) is 17.4. The van der Waals surface area contributed by atoms with Crippen LogP contribution in [0.5, 0.6) is 5.75 Å². The Balaban J connectivity index is 2.25. The lowest BCUT2D eigenvalue weighted by atomic mass is 10.1. The zero-order valence-corrected chi connectivity index (χ0v) is 13.1. The molecule has 1 aromatic carbocycles. The molecule has 1 saturated heterocycles. The van der Waals surface area contributed by atoms with Gasteiger partial charge in [-0.05, 0) is 19.1 Å². The molecular formula is C15H18N2O7. The van der Waals surface area contributed by atoms with Gasteiger partial charge in [-0.25, -0.2) is 0 Å². The van der Waals surface area contributed by atoms with Crippen molar-refractivity contribution in [1.29, 1.82) is 0 Å². The van der Waals surface area contributed by atoms with Crippen LogP contribution in [0.3, 0.4) is 0 Å². The number of carboxylic acid groups (broad SMARTS) is 1. The van der Waals surface area contributed by atoms with Crippen LogP contribution < -0.4 is 4.74 Å². The summed E-state index contributed by atoms with van der Waals surface area (Å²) in [7, 11) is 0. The van der Waals surface area contributed by atoms with Crippen molar-refractivity contribution in [3.8, 4) is 5.75 Å². The maximum Gasteiger partial charge on any atom is 0.306 e. The standard InChI is InChI=1S/C15H18N2O7/c1-2-23-10-3-4-13(17(21)22)12(7-10)15(20)16-5-6-24-11(9-16)8-14(18)19/h3-4,7,11H,2,5-6,8-9H2,1H3,(H,18,19). The summed E-state index contributed by atoms with van der Waals surface area (Å²) in [4.78, 5) is 35.4. The average molecular weight is 338 g/mol. The highest BCUT2D eigenvalue weighted by atomic mass is 16.6. The van der Waals surface area contributed by atoms with Crippen molar-refractivity contribution in [2.75, 3.05) is 26.3 Å². The average Bonchev–Trinajstić information content (AvgIpc) is 2.54. The van der Waals surface area contributed by atoms with Crippen molar-refractivity contribution < 1.29 is 29.1 Å². The molecule has 130 valence electrons. The number of carboxylic acids is 1. The molecule has 24 heavy (non-hydrogen) atoms. The molecule has 1 aliphatic rings. The van der Waals surface area contributed by atoms with Gasteiger partial charge >= 0.3 is 5.97 Å². The Morgan fingerprint density at radius 3 is 2.88 bits per heavy atom. The molecule has 1 unspecified atom stereocenters. The van der Waals surface area contributed by atoms with Crippen molar-refractivity contribution in [2.24, 2.45) is 0 Å². The summed E-state index contributed by atoms with van der Waals surface area (Å²) in [6.45, 7) is 2.62. The fraction of sp³-hybridized carbons (Fsp3) is 0.467. The Labute approximate surface area is 137 Å². The van der Waals surface area contributed by atoms with E-state index in [0.717, 1.165) is 0 Å². The second-order valence-electron chi connectivity index (χ2n) is 5.21. The van der Waals surface area contributed by atoms with E-state index in [4.69, 9.17) is 14.6 Å². The minimum atomic E-state index is -1.03. The van der Waals surface area contributed by atoms with Gasteiger partial charge < -0.3 is 19.5 Å². The van der Waals surface area contributed by atoms with Gasteiger partial charge in [-0.3, -0.25) is 19.7 Å². The Hall–Kier alpha value is -2.68. The van der Waals surface area contributed by atoms with Crippen molar-refractivity contribution in [2.45, 2.75) is 19.4 Å². The van der Waals surface area contributed by atoms with E-state index >= 15 is 0 Å². The zero-order chi connectivity index (χ0) is 17.7. The van der Waals surface area contributed by atoms with E-state index < -0.39 is 22.9 Å². The van der Waals surface area contributed by atoms with E-state index in [2.05, 4.69) is 0 Å². The molecule has 0 radical (unpaired) electrons. The second-order valence-corrected chi connectivity index (χ2v) is 5.21. The van der Waals surface area contributed by atoms with E-state index in [1.165, 1.54) is 23.1 Å². The summed E-state index contributed by atoms with van der Waals surface area (Å²) in [5, 5.41) is 20.0. The van der Waals surface area contributed by atoms with E-state index in [1.807, 2.05) is 0 Å². The maximum absolute atomic E-state index is 12.7. The minimum Gasteiger partial charge on any atom is -0.494 e. The van der Waals surface area contributed by atoms with Crippen LogP contribution in [0.4, 0.5) is 5.69 Å². The van der Waals surface area contributed by atoms with Crippen LogP contribution in [0, 0.1) is 10.1 Å². The number of nitrogens with zero attached hydrogens (tertiary/aromatic N) is 2. The number of hydrogen-bond donors (Lipinski definition) is 1. The van der Waals surface area contributed by atoms with Crippen LogP contribution >= 0.6 is 0 Å². The number of carbonyl (C=O) groups excluding carboxylic acids is 1. The predicted octanol–water partition coefficient (Wildman–Crippen LogP) is 1.31. The lowest BCUT2D eigenvalue weighted by Gasteiger charge is -2.32. The molecule has 9 heteroatoms. The highest BCUT2D eigenvalue weighted by molar-refractivity contribution is 5.98. The van der Waals surface area contributed by atoms with E-state index in [9.17, 15) is 19.7 Å². The van der Waals surface area contributed by atoms with E-state index in [0.29, 0.717) is 12.4 Å². The lowest BCUT2D eigenvalue weighted by Crippen LogP contribution is -2.46. The molecule has 1 amide bonds. The summed E-state index contributed by atoms with van der Waals surface area (Å²) in [6, 6.07) is 4.00. The molecule has 1 aromatic rings. The summed E-state index contributed by atoms with van der Waals surface area (Å²) in [6.07, 6.45) is -0.862. The smallest absolute Gasteiger partial charge is 0.306 e. The minimum absolute atomic E-state index is 0.0706.